The van der Waals surface area contributed by atoms with E-state index in [4.69, 9.17) is 4.74 Å². The van der Waals surface area contributed by atoms with Crippen molar-refractivity contribution >= 4 is 5.91 Å². The Balaban J connectivity index is 1.85. The largest absolute Gasteiger partial charge is 0.493 e. The van der Waals surface area contributed by atoms with Gasteiger partial charge >= 0.3 is 0 Å². The van der Waals surface area contributed by atoms with Gasteiger partial charge in [0, 0.05) is 6.54 Å². The number of amides is 1. The number of carbonyl (C=O) groups excluding carboxylic acids is 1. The Hall–Kier alpha value is -2.33. The van der Waals surface area contributed by atoms with Gasteiger partial charge in [-0.25, -0.2) is 0 Å². The van der Waals surface area contributed by atoms with Crippen LogP contribution >= 0.6 is 0 Å². The summed E-state index contributed by atoms with van der Waals surface area (Å²) in [6.07, 6.45) is 0.338. The molecule has 0 radical (unpaired) electrons. The number of nitrogens with zero attached hydrogens (tertiary/aromatic N) is 1. The number of benzene rings is 2. The first-order valence-electron chi connectivity index (χ1n) is 8.23. The second kappa shape index (κ2) is 9.08. The van der Waals surface area contributed by atoms with E-state index in [1.165, 1.54) is 5.56 Å². The maximum absolute atomic E-state index is 12.2. The number of rotatable bonds is 8. The van der Waals surface area contributed by atoms with Crippen molar-refractivity contribution in [1.29, 1.82) is 0 Å². The highest BCUT2D eigenvalue weighted by Gasteiger charge is 2.15. The molecule has 0 aliphatic rings. The van der Waals surface area contributed by atoms with Crippen molar-refractivity contribution in [3.63, 3.8) is 0 Å². The lowest BCUT2D eigenvalue weighted by Crippen LogP contribution is -2.35. The average molecular weight is 326 g/mol. The minimum atomic E-state index is -0.0203. The Bertz CT molecular complexity index is 624. The molecule has 1 atom stereocenters. The average Bonchev–Trinajstić information content (AvgIpc) is 2.56. The van der Waals surface area contributed by atoms with Crippen molar-refractivity contribution < 1.29 is 9.53 Å². The van der Waals surface area contributed by atoms with Crippen LogP contribution in [0.25, 0.3) is 0 Å². The maximum Gasteiger partial charge on any atom is 0.223 e. The molecule has 0 heterocycles. The molecule has 0 saturated carbocycles. The van der Waals surface area contributed by atoms with Gasteiger partial charge in [0.1, 0.15) is 5.75 Å². The molecular weight excluding hydrogens is 300 g/mol. The maximum atomic E-state index is 12.2. The van der Waals surface area contributed by atoms with Crippen molar-refractivity contribution in [3.05, 3.63) is 65.7 Å². The predicted octanol–water partition coefficient (Wildman–Crippen LogP) is 3.18. The van der Waals surface area contributed by atoms with Crippen molar-refractivity contribution in [2.75, 3.05) is 27.2 Å². The highest BCUT2D eigenvalue weighted by atomic mass is 16.5. The molecule has 4 nitrogen and oxygen atoms in total. The monoisotopic (exact) mass is 326 g/mol. The summed E-state index contributed by atoms with van der Waals surface area (Å²) in [7, 11) is 4.01. The molecule has 0 bridgehead atoms. The lowest BCUT2D eigenvalue weighted by Gasteiger charge is -2.23. The zero-order valence-corrected chi connectivity index (χ0v) is 14.7. The third kappa shape index (κ3) is 6.05. The van der Waals surface area contributed by atoms with E-state index in [-0.39, 0.29) is 11.9 Å². The van der Waals surface area contributed by atoms with Crippen molar-refractivity contribution in [3.8, 4) is 5.75 Å². The molecule has 0 aliphatic heterocycles. The molecule has 0 aromatic heterocycles. The fourth-order valence-corrected chi connectivity index (χ4v) is 2.45. The molecule has 0 saturated heterocycles. The van der Waals surface area contributed by atoms with Crippen LogP contribution in [0.2, 0.25) is 0 Å². The van der Waals surface area contributed by atoms with Crippen LogP contribution in [0.1, 0.15) is 23.6 Å². The summed E-state index contributed by atoms with van der Waals surface area (Å²) in [5.41, 5.74) is 2.30. The van der Waals surface area contributed by atoms with E-state index in [2.05, 4.69) is 10.2 Å². The second-order valence-electron chi connectivity index (χ2n) is 6.20. The normalized spacial score (nSPS) is 12.0. The molecular formula is C20H26N2O2. The van der Waals surface area contributed by atoms with E-state index in [1.54, 1.807) is 0 Å². The van der Waals surface area contributed by atoms with Gasteiger partial charge in [0.25, 0.3) is 0 Å². The van der Waals surface area contributed by atoms with Crippen LogP contribution in [0.15, 0.2) is 54.6 Å². The lowest BCUT2D eigenvalue weighted by atomic mass is 10.1. The van der Waals surface area contributed by atoms with Crippen LogP contribution in [0, 0.1) is 6.92 Å². The number of hydrogen-bond acceptors (Lipinski definition) is 3. The van der Waals surface area contributed by atoms with Gasteiger partial charge in [-0.15, -0.1) is 0 Å². The minimum absolute atomic E-state index is 0.00202. The van der Waals surface area contributed by atoms with Gasteiger partial charge in [-0.3, -0.25) is 4.79 Å². The van der Waals surface area contributed by atoms with E-state index < -0.39 is 0 Å². The Kier molecular flexibility index (Phi) is 6.82. The number of ether oxygens (including phenoxy) is 1. The van der Waals surface area contributed by atoms with E-state index in [9.17, 15) is 4.79 Å². The fraction of sp³-hybridized carbons (Fsp3) is 0.350. The summed E-state index contributed by atoms with van der Waals surface area (Å²) >= 11 is 0. The summed E-state index contributed by atoms with van der Waals surface area (Å²) in [6.45, 7) is 3.17. The Morgan fingerprint density at radius 2 is 1.75 bits per heavy atom. The topological polar surface area (TPSA) is 41.6 Å². The van der Waals surface area contributed by atoms with Crippen LogP contribution in [0.3, 0.4) is 0 Å². The van der Waals surface area contributed by atoms with Crippen LogP contribution in [-0.2, 0) is 4.79 Å². The van der Waals surface area contributed by atoms with E-state index >= 15 is 0 Å². The highest BCUT2D eigenvalue weighted by Crippen LogP contribution is 2.14. The summed E-state index contributed by atoms with van der Waals surface area (Å²) < 4.78 is 5.63. The van der Waals surface area contributed by atoms with E-state index in [0.717, 1.165) is 17.9 Å². The van der Waals surface area contributed by atoms with Crippen LogP contribution in [0.4, 0.5) is 0 Å². The van der Waals surface area contributed by atoms with Gasteiger partial charge in [0.2, 0.25) is 5.91 Å². The Labute approximate surface area is 144 Å². The molecule has 0 spiro atoms. The molecule has 0 fully saturated rings. The number of hydrogen-bond donors (Lipinski definition) is 1. The summed E-state index contributed by atoms with van der Waals surface area (Å²) in [5, 5.41) is 3.10. The van der Waals surface area contributed by atoms with Crippen molar-refractivity contribution in [2.24, 2.45) is 0 Å². The number of aryl methyl sites for hydroxylation is 1. The van der Waals surface area contributed by atoms with Gasteiger partial charge in [-0.2, -0.15) is 0 Å². The summed E-state index contributed by atoms with van der Waals surface area (Å²) in [6, 6.07) is 17.9. The Morgan fingerprint density at radius 3 is 2.38 bits per heavy atom. The van der Waals surface area contributed by atoms with Crippen LogP contribution < -0.4 is 10.1 Å². The van der Waals surface area contributed by atoms with Crippen LogP contribution in [-0.4, -0.2) is 38.1 Å². The number of carbonyl (C=O) groups is 1. The highest BCUT2D eigenvalue weighted by molar-refractivity contribution is 5.76. The van der Waals surface area contributed by atoms with Gasteiger partial charge in [-0.05, 0) is 38.7 Å². The zero-order chi connectivity index (χ0) is 17.4. The molecule has 2 rings (SSSR count). The summed E-state index contributed by atoms with van der Waals surface area (Å²) in [5.74, 6) is 0.791. The summed E-state index contributed by atoms with van der Waals surface area (Å²) in [4.78, 5) is 14.3. The quantitative estimate of drug-likeness (QED) is 0.810. The number of likely N-dealkylation sites (N-methyl/N-ethyl adjacent to an activating group) is 1. The molecule has 24 heavy (non-hydrogen) atoms. The van der Waals surface area contributed by atoms with Crippen LogP contribution in [0.5, 0.6) is 5.75 Å². The number of nitrogens with one attached hydrogen (secondary N) is 1. The van der Waals surface area contributed by atoms with Gasteiger partial charge in [0.15, 0.2) is 0 Å². The Morgan fingerprint density at radius 1 is 1.08 bits per heavy atom. The first-order valence-corrected chi connectivity index (χ1v) is 8.23. The zero-order valence-electron chi connectivity index (χ0n) is 14.7. The first kappa shape index (κ1) is 18.0. The molecule has 4 heteroatoms. The van der Waals surface area contributed by atoms with Crippen molar-refractivity contribution in [1.82, 2.24) is 10.2 Å². The standard InChI is InChI=1S/C20H26N2O2/c1-16-9-11-18(12-10-16)24-14-13-20(23)21-19(15-22(2)3)17-7-5-4-6-8-17/h4-12,19H,13-15H2,1-3H3,(H,21,23)/t19-/m0/s1. The van der Waals surface area contributed by atoms with Gasteiger partial charge in [0.05, 0.1) is 19.1 Å². The smallest absolute Gasteiger partial charge is 0.223 e. The third-order valence-electron chi connectivity index (χ3n) is 3.70. The SMILES string of the molecule is Cc1ccc(OCCC(=O)N[C@@H](CN(C)C)c2ccccc2)cc1. The van der Waals surface area contributed by atoms with Crippen molar-refractivity contribution in [2.45, 2.75) is 19.4 Å². The lowest BCUT2D eigenvalue weighted by molar-refractivity contribution is -0.122. The predicted molar refractivity (Wildman–Crippen MR) is 97.2 cm³/mol. The molecule has 0 unspecified atom stereocenters. The van der Waals surface area contributed by atoms with Gasteiger partial charge in [-0.1, -0.05) is 48.0 Å². The third-order valence-corrected chi connectivity index (χ3v) is 3.70. The second-order valence-corrected chi connectivity index (χ2v) is 6.20. The van der Waals surface area contributed by atoms with Gasteiger partial charge < -0.3 is 15.0 Å². The van der Waals surface area contributed by atoms with E-state index in [1.807, 2.05) is 75.6 Å². The molecule has 0 aliphatic carbocycles. The fourth-order valence-electron chi connectivity index (χ4n) is 2.45. The molecule has 2 aromatic rings. The molecule has 128 valence electrons. The van der Waals surface area contributed by atoms with E-state index in [0.29, 0.717) is 13.0 Å². The first-order chi connectivity index (χ1) is 11.5. The minimum Gasteiger partial charge on any atom is -0.493 e. The molecule has 2 aromatic carbocycles. The molecule has 1 N–H and O–H groups in total. The molecule has 1 amide bonds.